The number of hydrogen-bond acceptors (Lipinski definition) is 4. The second-order valence-corrected chi connectivity index (χ2v) is 1.67. The van der Waals surface area contributed by atoms with Crippen LogP contribution in [-0.4, -0.2) is 115 Å². The van der Waals surface area contributed by atoms with E-state index in [9.17, 15) is 0 Å². The van der Waals surface area contributed by atoms with Crippen molar-refractivity contribution in [2.45, 2.75) is 0 Å². The minimum Gasteiger partial charge on any atom is -0.412 e. The van der Waals surface area contributed by atoms with Crippen molar-refractivity contribution in [1.82, 2.24) is 0 Å². The van der Waals surface area contributed by atoms with Gasteiger partial charge >= 0.3 is 0 Å². The molecule has 0 rings (SSSR count). The fourth-order valence-electron chi connectivity index (χ4n) is 0.451. The summed E-state index contributed by atoms with van der Waals surface area (Å²) in [7, 11) is 0. The number of aliphatic hydroxyl groups is 2. The molecule has 0 aliphatic carbocycles. The third-order valence-corrected chi connectivity index (χ3v) is 0.843. The first-order chi connectivity index (χ1) is 4.91. The fraction of sp³-hybridized carbons (Fsp3) is 1.00. The van der Waals surface area contributed by atoms with Gasteiger partial charge < -0.3 is 25.2 Å². The molecule has 0 aliphatic rings. The quantitative estimate of drug-likeness (QED) is 0.362. The molecule has 0 aromatic heterocycles. The number of aliphatic hydroxyl groups excluding tert-OH is 2. The summed E-state index contributed by atoms with van der Waals surface area (Å²) in [6.07, 6.45) is 0. The number of hydrogen-bond donors (Lipinski definition) is 2. The molecule has 0 heterocycles. The van der Waals surface area contributed by atoms with E-state index in [1.807, 2.05) is 0 Å². The summed E-state index contributed by atoms with van der Waals surface area (Å²) < 4.78 is 9.75. The van der Waals surface area contributed by atoms with Gasteiger partial charge in [0.15, 0.2) is 0 Å². The Hall–Kier alpha value is 1.50. The van der Waals surface area contributed by atoms with Crippen molar-refractivity contribution in [3.8, 4) is 0 Å². The molecule has 7 heteroatoms. The molecular formula is C6H16BKO5. The normalized spacial score (nSPS) is 7.85. The molecule has 4 radical (unpaired) electrons. The van der Waals surface area contributed by atoms with Gasteiger partial charge in [-0.3, -0.25) is 0 Å². The van der Waals surface area contributed by atoms with E-state index in [4.69, 9.17) is 19.7 Å². The maximum Gasteiger partial charge on any atom is 0.0701 e. The molecule has 0 aliphatic heterocycles. The molecule has 74 valence electrons. The molecule has 13 heavy (non-hydrogen) atoms. The Balaban J connectivity index is -0.000000135. The molecule has 0 aromatic carbocycles. The van der Waals surface area contributed by atoms with Gasteiger partial charge in [0.2, 0.25) is 0 Å². The summed E-state index contributed by atoms with van der Waals surface area (Å²) in [6.45, 7) is 1.73. The second kappa shape index (κ2) is 23.4. The molecule has 0 aromatic rings. The Morgan fingerprint density at radius 1 is 0.769 bits per heavy atom. The van der Waals surface area contributed by atoms with Crippen molar-refractivity contribution in [2.75, 3.05) is 39.6 Å². The predicted molar refractivity (Wildman–Crippen MR) is 50.9 cm³/mol. The molecule has 0 saturated carbocycles. The average Bonchev–Trinajstić information content (AvgIpc) is 1.97. The molecule has 0 saturated heterocycles. The first-order valence-corrected chi connectivity index (χ1v) is 3.29. The maximum absolute atomic E-state index is 8.26. The number of rotatable bonds is 7. The SMILES string of the molecule is O.OCCOCCOCCO.[B].[K]. The van der Waals surface area contributed by atoms with Gasteiger partial charge in [-0.2, -0.15) is 0 Å². The smallest absolute Gasteiger partial charge is 0.0701 e. The summed E-state index contributed by atoms with van der Waals surface area (Å²) in [6, 6.07) is 0. The molecule has 5 nitrogen and oxygen atoms in total. The van der Waals surface area contributed by atoms with Crippen LogP contribution in [0.15, 0.2) is 0 Å². The van der Waals surface area contributed by atoms with Gasteiger partial charge in [0.05, 0.1) is 39.6 Å². The second-order valence-electron chi connectivity index (χ2n) is 1.67. The summed E-state index contributed by atoms with van der Waals surface area (Å²) in [5.74, 6) is 0. The van der Waals surface area contributed by atoms with Crippen LogP contribution in [0, 0.1) is 0 Å². The zero-order valence-electron chi connectivity index (χ0n) is 8.03. The first-order valence-electron chi connectivity index (χ1n) is 3.29. The van der Waals surface area contributed by atoms with Crippen molar-refractivity contribution >= 4 is 59.8 Å². The van der Waals surface area contributed by atoms with Crippen LogP contribution in [0.25, 0.3) is 0 Å². The van der Waals surface area contributed by atoms with Crippen LogP contribution in [0.5, 0.6) is 0 Å². The van der Waals surface area contributed by atoms with Crippen molar-refractivity contribution in [1.29, 1.82) is 0 Å². The molecule has 0 fully saturated rings. The van der Waals surface area contributed by atoms with Crippen LogP contribution in [-0.2, 0) is 9.47 Å². The van der Waals surface area contributed by atoms with E-state index in [1.165, 1.54) is 0 Å². The molecule has 0 bridgehead atoms. The van der Waals surface area contributed by atoms with Crippen molar-refractivity contribution < 1.29 is 25.2 Å². The van der Waals surface area contributed by atoms with Crippen molar-refractivity contribution in [3.63, 3.8) is 0 Å². The molecule has 0 amide bonds. The monoisotopic (exact) mass is 218 g/mol. The zero-order valence-corrected chi connectivity index (χ0v) is 11.2. The third kappa shape index (κ3) is 24.7. The fourth-order valence-corrected chi connectivity index (χ4v) is 0.451. The van der Waals surface area contributed by atoms with Crippen molar-refractivity contribution in [2.24, 2.45) is 0 Å². The molecule has 4 N–H and O–H groups in total. The van der Waals surface area contributed by atoms with E-state index >= 15 is 0 Å². The standard InChI is InChI=1S/C6H14O4.B.K.H2O/c7-1-3-9-5-6-10-4-2-8;;;/h7-8H,1-6H2;;;1H2. The van der Waals surface area contributed by atoms with Crippen LogP contribution in [0.3, 0.4) is 0 Å². The van der Waals surface area contributed by atoms with Crippen LogP contribution in [0.4, 0.5) is 0 Å². The van der Waals surface area contributed by atoms with Crippen LogP contribution >= 0.6 is 0 Å². The predicted octanol–water partition coefficient (Wildman–Crippen LogP) is -2.58. The third-order valence-electron chi connectivity index (χ3n) is 0.843. The molecule has 0 unspecified atom stereocenters. The van der Waals surface area contributed by atoms with E-state index in [-0.39, 0.29) is 78.5 Å². The van der Waals surface area contributed by atoms with Gasteiger partial charge in [0.25, 0.3) is 0 Å². The molecular weight excluding hydrogens is 202 g/mol. The van der Waals surface area contributed by atoms with Gasteiger partial charge in [0, 0.05) is 59.8 Å². The van der Waals surface area contributed by atoms with Gasteiger partial charge in [-0.1, -0.05) is 0 Å². The van der Waals surface area contributed by atoms with E-state index in [1.54, 1.807) is 0 Å². The number of ether oxygens (including phenoxy) is 2. The van der Waals surface area contributed by atoms with E-state index in [2.05, 4.69) is 0 Å². The average molecular weight is 218 g/mol. The first kappa shape index (κ1) is 24.0. The van der Waals surface area contributed by atoms with Gasteiger partial charge in [0.1, 0.15) is 0 Å². The zero-order chi connectivity index (χ0) is 7.66. The topological polar surface area (TPSA) is 90.4 Å². The van der Waals surface area contributed by atoms with Crippen LogP contribution in [0.2, 0.25) is 0 Å². The van der Waals surface area contributed by atoms with Gasteiger partial charge in [-0.25, -0.2) is 0 Å². The summed E-state index contributed by atoms with van der Waals surface area (Å²) in [5.41, 5.74) is 0. The largest absolute Gasteiger partial charge is 0.412 e. The maximum atomic E-state index is 8.26. The molecule has 0 atom stereocenters. The Labute approximate surface area is 123 Å². The Bertz CT molecular complexity index is 61.0. The van der Waals surface area contributed by atoms with E-state index in [0.29, 0.717) is 26.4 Å². The minimum atomic E-state index is 0. The van der Waals surface area contributed by atoms with Crippen molar-refractivity contribution in [3.05, 3.63) is 0 Å². The van der Waals surface area contributed by atoms with E-state index < -0.39 is 0 Å². The van der Waals surface area contributed by atoms with Gasteiger partial charge in [-0.05, 0) is 0 Å². The Morgan fingerprint density at radius 3 is 1.31 bits per heavy atom. The summed E-state index contributed by atoms with van der Waals surface area (Å²) in [5, 5.41) is 16.5. The Morgan fingerprint density at radius 2 is 1.08 bits per heavy atom. The van der Waals surface area contributed by atoms with E-state index in [0.717, 1.165) is 0 Å². The Kier molecular flexibility index (Phi) is 43.1. The van der Waals surface area contributed by atoms with Crippen LogP contribution in [0.1, 0.15) is 0 Å². The summed E-state index contributed by atoms with van der Waals surface area (Å²) in [4.78, 5) is 0. The van der Waals surface area contributed by atoms with Crippen LogP contribution < -0.4 is 0 Å². The summed E-state index contributed by atoms with van der Waals surface area (Å²) >= 11 is 0. The van der Waals surface area contributed by atoms with Gasteiger partial charge in [-0.15, -0.1) is 0 Å². The molecule has 0 spiro atoms. The minimum absolute atomic E-state index is 0.